The zero-order valence-corrected chi connectivity index (χ0v) is 24.5. The minimum absolute atomic E-state index is 0. The van der Waals surface area contributed by atoms with Gasteiger partial charge in [0.1, 0.15) is 0 Å². The van der Waals surface area contributed by atoms with Crippen LogP contribution in [0.1, 0.15) is 60.8 Å². The first-order valence-electron chi connectivity index (χ1n) is 9.97. The van der Waals surface area contributed by atoms with Gasteiger partial charge in [-0.1, -0.05) is 20.8 Å². The van der Waals surface area contributed by atoms with Gasteiger partial charge in [-0.15, -0.1) is 0 Å². The summed E-state index contributed by atoms with van der Waals surface area (Å²) in [4.78, 5) is 0. The predicted molar refractivity (Wildman–Crippen MR) is 112 cm³/mol. The summed E-state index contributed by atoms with van der Waals surface area (Å²) in [5.41, 5.74) is 0. The van der Waals surface area contributed by atoms with Gasteiger partial charge in [0.25, 0.3) is 0 Å². The van der Waals surface area contributed by atoms with Gasteiger partial charge in [-0.05, 0) is 40.0 Å². The number of aliphatic hydroxyl groups excluding tert-OH is 3. The Balaban J connectivity index is -0.000000112. The number of rotatable bonds is 3. The zero-order chi connectivity index (χ0) is 27.5. The minimum atomic E-state index is -7.10. The van der Waals surface area contributed by atoms with Gasteiger partial charge in [0.15, 0.2) is 0 Å². The third-order valence-electron chi connectivity index (χ3n) is 3.18. The van der Waals surface area contributed by atoms with Gasteiger partial charge in [-0.2, -0.15) is 18.2 Å². The molecular formula is C20H35F9GeO3Zr-. The Morgan fingerprint density at radius 1 is 0.618 bits per heavy atom. The van der Waals surface area contributed by atoms with E-state index in [-0.39, 0.29) is 44.5 Å². The van der Waals surface area contributed by atoms with Gasteiger partial charge in [0.2, 0.25) is 0 Å². The van der Waals surface area contributed by atoms with Crippen molar-refractivity contribution in [2.45, 2.75) is 94.1 Å². The predicted octanol–water partition coefficient (Wildman–Crippen LogP) is 6.52. The average Bonchev–Trinajstić information content (AvgIpc) is 3.19. The Kier molecular flexibility index (Phi) is 30.4. The fourth-order valence-corrected chi connectivity index (χ4v) is 2.83. The standard InChI is InChI=1S/C5H5.3C4H10O.C3F9Ge.Zr/c1-2-4-5-3-1;3*1-3-4(2)5;4-1(5,6)13(2(7,8)9)3(10,11)12;/h1-5H;3*4-5H,3H2,1-2H3;;/q-1;;;;;. The SMILES string of the molecule is CCC(C)O.CCC(C)O.CCC(C)O.F[C](F)(F)[Ge]([C](F)(F)F)[C](F)(F)F.[Zr].c1cc[cH-]c1. The molecule has 1 aromatic rings. The van der Waals surface area contributed by atoms with E-state index in [1.54, 1.807) is 20.8 Å². The Bertz CT molecular complexity index is 435. The van der Waals surface area contributed by atoms with Crippen molar-refractivity contribution in [3.63, 3.8) is 0 Å². The molecule has 3 atom stereocenters. The van der Waals surface area contributed by atoms with Crippen LogP contribution < -0.4 is 0 Å². The van der Waals surface area contributed by atoms with Crippen LogP contribution in [0.5, 0.6) is 0 Å². The molecule has 0 aromatic heterocycles. The molecule has 3 nitrogen and oxygen atoms in total. The van der Waals surface area contributed by atoms with Gasteiger partial charge in [-0.3, -0.25) is 0 Å². The first-order chi connectivity index (χ1) is 14.7. The Morgan fingerprint density at radius 3 is 0.824 bits per heavy atom. The first-order valence-corrected chi connectivity index (χ1v) is 13.1. The molecule has 3 N–H and O–H groups in total. The quantitative estimate of drug-likeness (QED) is 0.197. The normalized spacial score (nSPS) is 13.6. The molecule has 0 saturated heterocycles. The van der Waals surface area contributed by atoms with E-state index in [0.717, 1.165) is 19.3 Å². The van der Waals surface area contributed by atoms with Crippen molar-refractivity contribution in [3.8, 4) is 0 Å². The Morgan fingerprint density at radius 2 is 0.794 bits per heavy atom. The maximum atomic E-state index is 11.3. The van der Waals surface area contributed by atoms with Crippen molar-refractivity contribution in [3.05, 3.63) is 30.3 Å². The molecule has 3 unspecified atom stereocenters. The Labute approximate surface area is 219 Å². The summed E-state index contributed by atoms with van der Waals surface area (Å²) in [6.45, 7) is 11.2. The van der Waals surface area contributed by atoms with Crippen molar-refractivity contribution in [2.24, 2.45) is 0 Å². The first kappa shape index (κ1) is 44.1. The smallest absolute Gasteiger partial charge is 0 e. The summed E-state index contributed by atoms with van der Waals surface area (Å²) >= 11 is -7.10. The minimum Gasteiger partial charge on any atom is -0.214 e. The van der Waals surface area contributed by atoms with Crippen molar-refractivity contribution < 1.29 is 81.0 Å². The van der Waals surface area contributed by atoms with Crippen LogP contribution in [0.3, 0.4) is 0 Å². The number of aliphatic hydroxyl groups is 3. The molecular weight excluding hydrogens is 623 g/mol. The molecule has 1 aromatic carbocycles. The molecule has 0 aliphatic heterocycles. The number of alkyl halides is 9. The fraction of sp³-hybridized carbons (Fsp3) is 0.750. The molecule has 14 heteroatoms. The number of halogens is 9. The van der Waals surface area contributed by atoms with Gasteiger partial charge in [0.05, 0.1) is 18.3 Å². The van der Waals surface area contributed by atoms with Crippen LogP contribution in [0, 0.1) is 0 Å². The van der Waals surface area contributed by atoms with Gasteiger partial charge in [-0.25, -0.2) is 12.1 Å². The van der Waals surface area contributed by atoms with Crippen molar-refractivity contribution in [1.29, 1.82) is 0 Å². The molecule has 0 aliphatic carbocycles. The third-order valence-corrected chi connectivity index (χ3v) is 6.75. The van der Waals surface area contributed by atoms with Crippen LogP contribution in [0.15, 0.2) is 30.3 Å². The number of hydrogen-bond donors (Lipinski definition) is 3. The molecule has 1 rings (SSSR count). The summed E-state index contributed by atoms with van der Waals surface area (Å²) < 4.78 is 102. The third kappa shape index (κ3) is 36.6. The maximum absolute atomic E-state index is 11.3. The van der Waals surface area contributed by atoms with Crippen LogP contribution in [0.2, 0.25) is 0 Å². The van der Waals surface area contributed by atoms with Crippen molar-refractivity contribution in [1.82, 2.24) is 0 Å². The topological polar surface area (TPSA) is 60.7 Å². The Hall–Kier alpha value is 0.0260. The molecule has 1 radical (unpaired) electrons. The molecule has 0 heterocycles. The maximum Gasteiger partial charge on any atom is 0 e. The van der Waals surface area contributed by atoms with E-state index < -0.39 is 29.4 Å². The second kappa shape index (κ2) is 23.4. The average molecular weight is 658 g/mol. The van der Waals surface area contributed by atoms with Gasteiger partial charge >= 0.3 is 68.9 Å². The summed E-state index contributed by atoms with van der Waals surface area (Å²) in [5, 5.41) is 6.49. The summed E-state index contributed by atoms with van der Waals surface area (Å²) in [6.07, 6.45) is 2.24. The molecule has 0 aliphatic rings. The molecule has 0 saturated carbocycles. The van der Waals surface area contributed by atoms with Crippen molar-refractivity contribution in [2.75, 3.05) is 0 Å². The van der Waals surface area contributed by atoms with Crippen LogP contribution in [-0.4, -0.2) is 63.0 Å². The molecule has 0 amide bonds. The summed E-state index contributed by atoms with van der Waals surface area (Å²) in [6, 6.07) is 10.0. The van der Waals surface area contributed by atoms with E-state index in [0.29, 0.717) is 0 Å². The van der Waals surface area contributed by atoms with E-state index in [9.17, 15) is 39.5 Å². The van der Waals surface area contributed by atoms with E-state index in [1.807, 2.05) is 51.1 Å². The van der Waals surface area contributed by atoms with Gasteiger partial charge in [0, 0.05) is 26.2 Å². The van der Waals surface area contributed by atoms with Crippen LogP contribution >= 0.6 is 0 Å². The van der Waals surface area contributed by atoms with E-state index in [4.69, 9.17) is 15.3 Å². The molecule has 34 heavy (non-hydrogen) atoms. The van der Waals surface area contributed by atoms with Crippen LogP contribution in [-0.2, 0) is 26.2 Å². The second-order valence-electron chi connectivity index (χ2n) is 6.60. The second-order valence-corrected chi connectivity index (χ2v) is 11.7. The summed E-state index contributed by atoms with van der Waals surface area (Å²) in [7, 11) is 0. The fourth-order valence-electron chi connectivity index (χ4n) is 0.803. The zero-order valence-electron chi connectivity index (χ0n) is 20.0. The van der Waals surface area contributed by atoms with Crippen LogP contribution in [0.4, 0.5) is 39.5 Å². The molecule has 205 valence electrons. The van der Waals surface area contributed by atoms with Crippen LogP contribution in [0.25, 0.3) is 0 Å². The molecule has 0 bridgehead atoms. The van der Waals surface area contributed by atoms with E-state index in [1.165, 1.54) is 0 Å². The molecule has 0 spiro atoms. The largest absolute Gasteiger partial charge is 0.214 e. The number of hydrogen-bond acceptors (Lipinski definition) is 3. The summed E-state index contributed by atoms with van der Waals surface area (Å²) in [5.74, 6) is 0. The van der Waals surface area contributed by atoms with Gasteiger partial charge < -0.3 is 15.3 Å². The molecule has 0 fully saturated rings. The monoisotopic (exact) mass is 658 g/mol. The van der Waals surface area contributed by atoms with E-state index in [2.05, 4.69) is 0 Å². The van der Waals surface area contributed by atoms with Crippen molar-refractivity contribution >= 4 is 14.3 Å². The van der Waals surface area contributed by atoms with E-state index >= 15 is 0 Å².